The summed E-state index contributed by atoms with van der Waals surface area (Å²) in [6.45, 7) is 1.69. The molecule has 0 radical (unpaired) electrons. The highest BCUT2D eigenvalue weighted by Gasteiger charge is 2.30. The van der Waals surface area contributed by atoms with Gasteiger partial charge in [0.05, 0.1) is 10.6 Å². The van der Waals surface area contributed by atoms with Gasteiger partial charge in [0.25, 0.3) is 5.91 Å². The smallest absolute Gasteiger partial charge is 0.260 e. The van der Waals surface area contributed by atoms with E-state index in [4.69, 9.17) is 21.4 Å². The number of halogens is 2. The quantitative estimate of drug-likeness (QED) is 0.879. The molecule has 1 amide bonds. The Labute approximate surface area is 125 Å². The van der Waals surface area contributed by atoms with Crippen molar-refractivity contribution < 1.29 is 14.6 Å². The van der Waals surface area contributed by atoms with E-state index in [0.29, 0.717) is 28.1 Å². The summed E-state index contributed by atoms with van der Waals surface area (Å²) in [5.74, 6) is 0.388. The van der Waals surface area contributed by atoms with Crippen molar-refractivity contribution in [1.29, 1.82) is 0 Å². The van der Waals surface area contributed by atoms with Gasteiger partial charge >= 0.3 is 0 Å². The lowest BCUT2D eigenvalue weighted by Crippen LogP contribution is -2.50. The van der Waals surface area contributed by atoms with E-state index in [1.807, 2.05) is 0 Å². The molecule has 4 nitrogen and oxygen atoms in total. The third kappa shape index (κ3) is 3.84. The number of nitrogens with one attached hydrogen (secondary N) is 1. The zero-order valence-corrected chi connectivity index (χ0v) is 12.7. The van der Waals surface area contributed by atoms with Crippen LogP contribution in [0.15, 0.2) is 22.7 Å². The van der Waals surface area contributed by atoms with Gasteiger partial charge in [-0.05, 0) is 53.9 Å². The second-order valence-electron chi connectivity index (χ2n) is 4.67. The maximum absolute atomic E-state index is 11.9. The van der Waals surface area contributed by atoms with Crippen molar-refractivity contribution in [3.63, 3.8) is 0 Å². The number of hydrogen-bond acceptors (Lipinski definition) is 3. The van der Waals surface area contributed by atoms with Crippen molar-refractivity contribution in [2.24, 2.45) is 0 Å². The molecule has 1 unspecified atom stereocenters. The summed E-state index contributed by atoms with van der Waals surface area (Å²) in [6.07, 6.45) is 0.341. The molecule has 1 aliphatic carbocycles. The molecule has 1 saturated carbocycles. The number of aliphatic hydroxyl groups excluding tert-OH is 1. The van der Waals surface area contributed by atoms with Crippen molar-refractivity contribution in [2.75, 3.05) is 0 Å². The highest BCUT2D eigenvalue weighted by molar-refractivity contribution is 9.10. The molecule has 0 heterocycles. The average molecular weight is 349 g/mol. The molecule has 1 aliphatic rings. The highest BCUT2D eigenvalue weighted by Crippen LogP contribution is 2.29. The molecule has 0 aromatic heterocycles. The van der Waals surface area contributed by atoms with E-state index >= 15 is 0 Å². The summed E-state index contributed by atoms with van der Waals surface area (Å²) in [4.78, 5) is 11.9. The van der Waals surface area contributed by atoms with Crippen molar-refractivity contribution in [3.8, 4) is 5.75 Å². The van der Waals surface area contributed by atoms with Crippen LogP contribution in [0.4, 0.5) is 0 Å². The summed E-state index contributed by atoms with van der Waals surface area (Å²) in [5.41, 5.74) is 0. The predicted octanol–water partition coefficient (Wildman–Crippen LogP) is 2.51. The summed E-state index contributed by atoms with van der Waals surface area (Å²) in [5, 5.41) is 12.6. The van der Waals surface area contributed by atoms with Crippen LogP contribution in [-0.4, -0.2) is 29.3 Å². The van der Waals surface area contributed by atoms with Gasteiger partial charge in [-0.1, -0.05) is 11.6 Å². The van der Waals surface area contributed by atoms with Crippen LogP contribution in [0.3, 0.4) is 0 Å². The first-order valence-corrected chi connectivity index (χ1v) is 7.23. The molecule has 1 fully saturated rings. The molecular weight excluding hydrogens is 334 g/mol. The SMILES string of the molecule is CC(Oc1ccc(Cl)cc1Br)C(=O)NC1CC(O)C1. The van der Waals surface area contributed by atoms with Gasteiger partial charge in [-0.2, -0.15) is 0 Å². The van der Waals surface area contributed by atoms with E-state index in [1.165, 1.54) is 0 Å². The zero-order chi connectivity index (χ0) is 14.0. The first kappa shape index (κ1) is 14.6. The van der Waals surface area contributed by atoms with Gasteiger partial charge in [0.2, 0.25) is 0 Å². The Bertz CT molecular complexity index is 477. The lowest BCUT2D eigenvalue weighted by molar-refractivity contribution is -0.129. The Morgan fingerprint density at radius 3 is 2.84 bits per heavy atom. The lowest BCUT2D eigenvalue weighted by atomic mass is 9.89. The Hall–Kier alpha value is -0.780. The first-order valence-electron chi connectivity index (χ1n) is 6.06. The van der Waals surface area contributed by atoms with E-state index in [1.54, 1.807) is 25.1 Å². The molecule has 1 aromatic carbocycles. The van der Waals surface area contributed by atoms with E-state index in [2.05, 4.69) is 21.2 Å². The molecule has 0 bridgehead atoms. The third-order valence-corrected chi connectivity index (χ3v) is 3.88. The molecule has 6 heteroatoms. The molecule has 0 spiro atoms. The second kappa shape index (κ2) is 6.11. The van der Waals surface area contributed by atoms with Crippen LogP contribution in [-0.2, 0) is 4.79 Å². The number of aliphatic hydroxyl groups is 1. The van der Waals surface area contributed by atoms with Gasteiger partial charge < -0.3 is 15.2 Å². The van der Waals surface area contributed by atoms with Crippen LogP contribution in [0, 0.1) is 0 Å². The van der Waals surface area contributed by atoms with Crippen LogP contribution in [0.25, 0.3) is 0 Å². The fraction of sp³-hybridized carbons (Fsp3) is 0.462. The Morgan fingerprint density at radius 2 is 2.26 bits per heavy atom. The fourth-order valence-corrected chi connectivity index (χ4v) is 2.62. The van der Waals surface area contributed by atoms with E-state index in [9.17, 15) is 4.79 Å². The average Bonchev–Trinajstić information content (AvgIpc) is 2.30. The van der Waals surface area contributed by atoms with Gasteiger partial charge in [0.15, 0.2) is 6.10 Å². The Kier molecular flexibility index (Phi) is 4.71. The Balaban J connectivity index is 1.89. The largest absolute Gasteiger partial charge is 0.480 e. The van der Waals surface area contributed by atoms with E-state index < -0.39 is 6.10 Å². The second-order valence-corrected chi connectivity index (χ2v) is 5.96. The number of rotatable bonds is 4. The zero-order valence-electron chi connectivity index (χ0n) is 10.4. The molecule has 0 aliphatic heterocycles. The van der Waals surface area contributed by atoms with Crippen LogP contribution in [0.2, 0.25) is 5.02 Å². The number of amides is 1. The third-order valence-electron chi connectivity index (χ3n) is 3.03. The standard InChI is InChI=1S/C13H15BrClNO3/c1-7(13(18)16-9-5-10(17)6-9)19-12-3-2-8(15)4-11(12)14/h2-4,7,9-10,17H,5-6H2,1H3,(H,16,18). The molecular formula is C13H15BrClNO3. The summed E-state index contributed by atoms with van der Waals surface area (Å²) in [6, 6.07) is 5.18. The van der Waals surface area contributed by atoms with Gasteiger partial charge in [-0.3, -0.25) is 4.79 Å². The van der Waals surface area contributed by atoms with Crippen LogP contribution in [0.5, 0.6) is 5.75 Å². The predicted molar refractivity (Wildman–Crippen MR) is 76.4 cm³/mol. The minimum Gasteiger partial charge on any atom is -0.480 e. The van der Waals surface area contributed by atoms with Crippen molar-refractivity contribution in [3.05, 3.63) is 27.7 Å². The minimum absolute atomic E-state index is 0.0576. The normalized spacial score (nSPS) is 23.4. The molecule has 2 N–H and O–H groups in total. The Morgan fingerprint density at radius 1 is 1.58 bits per heavy atom. The van der Waals surface area contributed by atoms with Crippen molar-refractivity contribution in [1.82, 2.24) is 5.32 Å². The van der Waals surface area contributed by atoms with Crippen LogP contribution >= 0.6 is 27.5 Å². The van der Waals surface area contributed by atoms with E-state index in [0.717, 1.165) is 0 Å². The molecule has 2 rings (SSSR count). The number of benzene rings is 1. The van der Waals surface area contributed by atoms with Gasteiger partial charge in [-0.15, -0.1) is 0 Å². The molecule has 1 atom stereocenters. The van der Waals surface area contributed by atoms with Crippen LogP contribution < -0.4 is 10.1 Å². The fourth-order valence-electron chi connectivity index (χ4n) is 1.84. The van der Waals surface area contributed by atoms with Crippen molar-refractivity contribution in [2.45, 2.75) is 38.0 Å². The van der Waals surface area contributed by atoms with Crippen LogP contribution in [0.1, 0.15) is 19.8 Å². The number of ether oxygens (including phenoxy) is 1. The highest BCUT2D eigenvalue weighted by atomic mass is 79.9. The monoisotopic (exact) mass is 347 g/mol. The van der Waals surface area contributed by atoms with Gasteiger partial charge in [0.1, 0.15) is 5.75 Å². The lowest BCUT2D eigenvalue weighted by Gasteiger charge is -2.32. The molecule has 1 aromatic rings. The number of carbonyl (C=O) groups excluding carboxylic acids is 1. The maximum atomic E-state index is 11.9. The number of hydrogen-bond donors (Lipinski definition) is 2. The summed E-state index contributed by atoms with van der Waals surface area (Å²) in [7, 11) is 0. The van der Waals surface area contributed by atoms with E-state index in [-0.39, 0.29) is 18.1 Å². The van der Waals surface area contributed by atoms with Gasteiger partial charge in [0, 0.05) is 11.1 Å². The minimum atomic E-state index is -0.602. The number of carbonyl (C=O) groups is 1. The van der Waals surface area contributed by atoms with Crippen molar-refractivity contribution >= 4 is 33.4 Å². The van der Waals surface area contributed by atoms with Gasteiger partial charge in [-0.25, -0.2) is 0 Å². The first-order chi connectivity index (χ1) is 8.95. The summed E-state index contributed by atoms with van der Waals surface area (Å²) >= 11 is 9.17. The summed E-state index contributed by atoms with van der Waals surface area (Å²) < 4.78 is 6.29. The molecule has 19 heavy (non-hydrogen) atoms. The molecule has 104 valence electrons. The topological polar surface area (TPSA) is 58.6 Å². The maximum Gasteiger partial charge on any atom is 0.260 e. The molecule has 0 saturated heterocycles.